The van der Waals surface area contributed by atoms with Gasteiger partial charge in [0, 0.05) is 44.6 Å². The van der Waals surface area contributed by atoms with Crippen molar-refractivity contribution in [3.8, 4) is 0 Å². The van der Waals surface area contributed by atoms with Gasteiger partial charge in [0.2, 0.25) is 0 Å². The molecule has 0 aromatic heterocycles. The summed E-state index contributed by atoms with van der Waals surface area (Å²) < 4.78 is 0. The molecule has 3 heteroatoms. The Labute approximate surface area is 123 Å². The number of Topliss-reactive ketones (excluding diaryl/α,β-unsaturated/α-hetero) is 1. The van der Waals surface area contributed by atoms with Gasteiger partial charge in [-0.3, -0.25) is 14.6 Å². The predicted octanol–water partition coefficient (Wildman–Crippen LogP) is 2.55. The second-order valence-corrected chi connectivity index (χ2v) is 7.18. The number of piperazine rings is 1. The summed E-state index contributed by atoms with van der Waals surface area (Å²) in [6.07, 6.45) is 8.50. The van der Waals surface area contributed by atoms with E-state index >= 15 is 0 Å². The van der Waals surface area contributed by atoms with Crippen LogP contribution in [0.15, 0.2) is 0 Å². The fourth-order valence-electron chi connectivity index (χ4n) is 4.58. The SMILES string of the molecule is CCCC1CCC(=O)C(CN2CCN3CCCC3C2)C1. The summed E-state index contributed by atoms with van der Waals surface area (Å²) in [5.74, 6) is 1.70. The van der Waals surface area contributed by atoms with Crippen LogP contribution in [0.25, 0.3) is 0 Å². The van der Waals surface area contributed by atoms with Crippen LogP contribution in [0.4, 0.5) is 0 Å². The molecule has 1 aliphatic carbocycles. The summed E-state index contributed by atoms with van der Waals surface area (Å²) in [5, 5.41) is 0. The Morgan fingerprint density at radius 1 is 1.20 bits per heavy atom. The van der Waals surface area contributed by atoms with E-state index in [0.29, 0.717) is 11.7 Å². The predicted molar refractivity (Wildman–Crippen MR) is 81.8 cm³/mol. The highest BCUT2D eigenvalue weighted by molar-refractivity contribution is 5.81. The van der Waals surface area contributed by atoms with Gasteiger partial charge in [0.25, 0.3) is 0 Å². The maximum atomic E-state index is 12.2. The first kappa shape index (κ1) is 14.5. The Morgan fingerprint density at radius 2 is 2.10 bits per heavy atom. The Kier molecular flexibility index (Phi) is 4.77. The van der Waals surface area contributed by atoms with E-state index in [1.165, 1.54) is 51.9 Å². The molecule has 0 amide bonds. The lowest BCUT2D eigenvalue weighted by molar-refractivity contribution is -0.126. The topological polar surface area (TPSA) is 23.6 Å². The molecule has 3 rings (SSSR count). The summed E-state index contributed by atoms with van der Waals surface area (Å²) >= 11 is 0. The van der Waals surface area contributed by atoms with Gasteiger partial charge in [0.1, 0.15) is 5.78 Å². The first-order valence-corrected chi connectivity index (χ1v) is 8.75. The van der Waals surface area contributed by atoms with Gasteiger partial charge in [-0.25, -0.2) is 0 Å². The van der Waals surface area contributed by atoms with Crippen molar-refractivity contribution in [1.82, 2.24) is 9.80 Å². The number of hydrogen-bond acceptors (Lipinski definition) is 3. The molecule has 3 nitrogen and oxygen atoms in total. The highest BCUT2D eigenvalue weighted by atomic mass is 16.1. The molecular formula is C17H30N2O. The second-order valence-electron chi connectivity index (χ2n) is 7.18. The number of ketones is 1. The third kappa shape index (κ3) is 3.25. The normalized spacial score (nSPS) is 36.2. The molecule has 0 aromatic carbocycles. The number of carbonyl (C=O) groups is 1. The molecule has 3 unspecified atom stereocenters. The number of hydrogen-bond donors (Lipinski definition) is 0. The van der Waals surface area contributed by atoms with E-state index < -0.39 is 0 Å². The molecule has 3 atom stereocenters. The van der Waals surface area contributed by atoms with E-state index in [-0.39, 0.29) is 0 Å². The molecule has 0 spiro atoms. The van der Waals surface area contributed by atoms with Crippen LogP contribution in [0.1, 0.15) is 51.9 Å². The Morgan fingerprint density at radius 3 is 2.95 bits per heavy atom. The molecule has 0 aromatic rings. The first-order chi connectivity index (χ1) is 9.76. The smallest absolute Gasteiger partial charge is 0.137 e. The van der Waals surface area contributed by atoms with Crippen molar-refractivity contribution in [2.45, 2.75) is 57.9 Å². The largest absolute Gasteiger partial charge is 0.300 e. The van der Waals surface area contributed by atoms with Crippen LogP contribution in [0, 0.1) is 11.8 Å². The van der Waals surface area contributed by atoms with Gasteiger partial charge in [-0.1, -0.05) is 19.8 Å². The Balaban J connectivity index is 1.52. The molecule has 2 aliphatic heterocycles. The van der Waals surface area contributed by atoms with Crippen molar-refractivity contribution in [3.63, 3.8) is 0 Å². The van der Waals surface area contributed by atoms with E-state index in [1.807, 2.05) is 0 Å². The van der Waals surface area contributed by atoms with Crippen molar-refractivity contribution in [2.24, 2.45) is 11.8 Å². The molecule has 114 valence electrons. The molecule has 3 aliphatic rings. The maximum Gasteiger partial charge on any atom is 0.137 e. The monoisotopic (exact) mass is 278 g/mol. The van der Waals surface area contributed by atoms with Crippen LogP contribution < -0.4 is 0 Å². The van der Waals surface area contributed by atoms with E-state index in [4.69, 9.17) is 0 Å². The Bertz CT molecular complexity index is 344. The van der Waals surface area contributed by atoms with Gasteiger partial charge in [0.05, 0.1) is 0 Å². The standard InChI is InChI=1S/C17H30N2O/c1-2-4-14-6-7-17(20)15(11-14)12-18-9-10-19-8-3-5-16(19)13-18/h14-16H,2-13H2,1H3. The molecule has 0 radical (unpaired) electrons. The molecule has 2 heterocycles. The summed E-state index contributed by atoms with van der Waals surface area (Å²) in [5.41, 5.74) is 0. The maximum absolute atomic E-state index is 12.2. The number of rotatable bonds is 4. The van der Waals surface area contributed by atoms with Crippen LogP contribution in [0.2, 0.25) is 0 Å². The third-order valence-electron chi connectivity index (χ3n) is 5.72. The first-order valence-electron chi connectivity index (χ1n) is 8.75. The minimum atomic E-state index is 0.341. The zero-order valence-electron chi connectivity index (χ0n) is 13.0. The van der Waals surface area contributed by atoms with Crippen molar-refractivity contribution >= 4 is 5.78 Å². The Hall–Kier alpha value is -0.410. The van der Waals surface area contributed by atoms with Crippen molar-refractivity contribution in [2.75, 3.05) is 32.7 Å². The summed E-state index contributed by atoms with van der Waals surface area (Å²) in [7, 11) is 0. The molecule has 1 saturated carbocycles. The van der Waals surface area contributed by atoms with Gasteiger partial charge < -0.3 is 0 Å². The van der Waals surface area contributed by atoms with E-state index in [0.717, 1.165) is 37.8 Å². The van der Waals surface area contributed by atoms with Gasteiger partial charge in [-0.15, -0.1) is 0 Å². The number of carbonyl (C=O) groups excluding carboxylic acids is 1. The molecule has 20 heavy (non-hydrogen) atoms. The summed E-state index contributed by atoms with van der Waals surface area (Å²) in [6.45, 7) is 8.23. The van der Waals surface area contributed by atoms with Crippen LogP contribution in [-0.4, -0.2) is 54.3 Å². The highest BCUT2D eigenvalue weighted by Gasteiger charge is 2.34. The average molecular weight is 278 g/mol. The molecule has 0 bridgehead atoms. The van der Waals surface area contributed by atoms with Crippen molar-refractivity contribution in [3.05, 3.63) is 0 Å². The minimum absolute atomic E-state index is 0.341. The molecule has 2 saturated heterocycles. The van der Waals surface area contributed by atoms with Crippen LogP contribution in [0.3, 0.4) is 0 Å². The third-order valence-corrected chi connectivity index (χ3v) is 5.72. The van der Waals surface area contributed by atoms with E-state index in [2.05, 4.69) is 16.7 Å². The van der Waals surface area contributed by atoms with E-state index in [9.17, 15) is 4.79 Å². The minimum Gasteiger partial charge on any atom is -0.300 e. The zero-order chi connectivity index (χ0) is 13.9. The van der Waals surface area contributed by atoms with Gasteiger partial charge in [-0.05, 0) is 38.1 Å². The lowest BCUT2D eigenvalue weighted by Gasteiger charge is -2.40. The highest BCUT2D eigenvalue weighted by Crippen LogP contribution is 2.31. The molecule has 3 fully saturated rings. The lowest BCUT2D eigenvalue weighted by Crippen LogP contribution is -2.52. The molecule has 0 N–H and O–H groups in total. The van der Waals surface area contributed by atoms with Gasteiger partial charge >= 0.3 is 0 Å². The summed E-state index contributed by atoms with van der Waals surface area (Å²) in [6, 6.07) is 0.786. The lowest BCUT2D eigenvalue weighted by atomic mass is 9.78. The summed E-state index contributed by atoms with van der Waals surface area (Å²) in [4.78, 5) is 17.4. The fourth-order valence-corrected chi connectivity index (χ4v) is 4.58. The van der Waals surface area contributed by atoms with Crippen molar-refractivity contribution < 1.29 is 4.79 Å². The fraction of sp³-hybridized carbons (Fsp3) is 0.941. The number of nitrogens with zero attached hydrogens (tertiary/aromatic N) is 2. The van der Waals surface area contributed by atoms with Crippen LogP contribution >= 0.6 is 0 Å². The van der Waals surface area contributed by atoms with Crippen LogP contribution in [-0.2, 0) is 4.79 Å². The van der Waals surface area contributed by atoms with E-state index in [1.54, 1.807) is 0 Å². The van der Waals surface area contributed by atoms with Crippen LogP contribution in [0.5, 0.6) is 0 Å². The quantitative estimate of drug-likeness (QED) is 0.789. The van der Waals surface area contributed by atoms with Gasteiger partial charge in [-0.2, -0.15) is 0 Å². The second kappa shape index (κ2) is 6.57. The zero-order valence-corrected chi connectivity index (χ0v) is 13.0. The van der Waals surface area contributed by atoms with Crippen molar-refractivity contribution in [1.29, 1.82) is 0 Å². The van der Waals surface area contributed by atoms with Gasteiger partial charge in [0.15, 0.2) is 0 Å². The number of fused-ring (bicyclic) bond motifs is 1. The molecular weight excluding hydrogens is 248 g/mol. The average Bonchev–Trinajstić information content (AvgIpc) is 2.90.